The molecule has 3 rings (SSSR count). The van der Waals surface area contributed by atoms with E-state index in [9.17, 15) is 4.79 Å². The molecule has 0 amide bonds. The van der Waals surface area contributed by atoms with Gasteiger partial charge in [-0.05, 0) is 35.2 Å². The van der Waals surface area contributed by atoms with Gasteiger partial charge in [-0.25, -0.2) is 0 Å². The van der Waals surface area contributed by atoms with E-state index in [1.807, 2.05) is 61.6 Å². The lowest BCUT2D eigenvalue weighted by Crippen LogP contribution is -2.21. The van der Waals surface area contributed by atoms with Crippen LogP contribution in [0.1, 0.15) is 11.1 Å². The van der Waals surface area contributed by atoms with Crippen LogP contribution < -0.4 is 10.3 Å². The number of methoxy groups -OCH3 is 1. The van der Waals surface area contributed by atoms with Crippen molar-refractivity contribution in [1.29, 1.82) is 0 Å². The van der Waals surface area contributed by atoms with Crippen LogP contribution in [0.25, 0.3) is 10.9 Å². The van der Waals surface area contributed by atoms with E-state index in [-0.39, 0.29) is 5.56 Å². The number of rotatable bonds is 3. The second-order valence-electron chi connectivity index (χ2n) is 5.12. The van der Waals surface area contributed by atoms with Gasteiger partial charge in [0.05, 0.1) is 12.6 Å². The van der Waals surface area contributed by atoms with Crippen LogP contribution in [0.5, 0.6) is 5.75 Å². The summed E-state index contributed by atoms with van der Waals surface area (Å²) >= 11 is 0. The highest BCUT2D eigenvalue weighted by Gasteiger charge is 2.07. The van der Waals surface area contributed by atoms with Gasteiger partial charge in [0.1, 0.15) is 5.75 Å². The fraction of sp³-hybridized carbons (Fsp3) is 0.167. The molecule has 106 valence electrons. The number of para-hydroxylation sites is 1. The zero-order valence-corrected chi connectivity index (χ0v) is 12.2. The van der Waals surface area contributed by atoms with Gasteiger partial charge >= 0.3 is 0 Å². The maximum atomic E-state index is 12.4. The Kier molecular flexibility index (Phi) is 3.48. The van der Waals surface area contributed by atoms with Crippen LogP contribution in [0.3, 0.4) is 0 Å². The van der Waals surface area contributed by atoms with E-state index in [1.54, 1.807) is 11.7 Å². The predicted molar refractivity (Wildman–Crippen MR) is 85.0 cm³/mol. The van der Waals surface area contributed by atoms with Gasteiger partial charge in [-0.3, -0.25) is 4.79 Å². The minimum absolute atomic E-state index is 0.0597. The molecule has 0 aliphatic heterocycles. The topological polar surface area (TPSA) is 31.2 Å². The van der Waals surface area contributed by atoms with E-state index >= 15 is 0 Å². The van der Waals surface area contributed by atoms with Crippen LogP contribution in [0.15, 0.2) is 59.4 Å². The molecular formula is C18H17NO2. The number of hydrogen-bond donors (Lipinski definition) is 0. The highest BCUT2D eigenvalue weighted by atomic mass is 16.5. The van der Waals surface area contributed by atoms with E-state index in [2.05, 4.69) is 0 Å². The zero-order valence-electron chi connectivity index (χ0n) is 12.2. The second-order valence-corrected chi connectivity index (χ2v) is 5.12. The molecule has 0 unspecified atom stereocenters. The van der Waals surface area contributed by atoms with Crippen LogP contribution in [0, 0.1) is 0 Å². The Hall–Kier alpha value is -2.55. The van der Waals surface area contributed by atoms with E-state index in [1.165, 1.54) is 0 Å². The number of benzene rings is 2. The van der Waals surface area contributed by atoms with Crippen LogP contribution >= 0.6 is 0 Å². The highest BCUT2D eigenvalue weighted by molar-refractivity contribution is 5.79. The number of fused-ring (bicyclic) bond motifs is 1. The summed E-state index contributed by atoms with van der Waals surface area (Å²) < 4.78 is 6.87. The fourth-order valence-electron chi connectivity index (χ4n) is 2.58. The molecule has 0 bridgehead atoms. The molecule has 0 N–H and O–H groups in total. The number of pyridine rings is 1. The van der Waals surface area contributed by atoms with Crippen LogP contribution in [-0.4, -0.2) is 11.7 Å². The van der Waals surface area contributed by atoms with Crippen LogP contribution in [-0.2, 0) is 13.5 Å². The van der Waals surface area contributed by atoms with E-state index < -0.39 is 0 Å². The standard InChI is InChI=1S/C18H17NO2/c1-19-17-6-4-3-5-14(17)12-15(18(19)20)11-13-7-9-16(21-2)10-8-13/h3-10,12H,11H2,1-2H3. The van der Waals surface area contributed by atoms with Crippen molar-refractivity contribution in [2.24, 2.45) is 7.05 Å². The Morgan fingerprint density at radius 3 is 2.48 bits per heavy atom. The normalized spacial score (nSPS) is 10.8. The average molecular weight is 279 g/mol. The van der Waals surface area contributed by atoms with E-state index in [4.69, 9.17) is 4.74 Å². The van der Waals surface area contributed by atoms with Crippen molar-refractivity contribution in [3.05, 3.63) is 76.1 Å². The molecule has 3 aromatic rings. The molecular weight excluding hydrogens is 262 g/mol. The largest absolute Gasteiger partial charge is 0.497 e. The minimum Gasteiger partial charge on any atom is -0.497 e. The maximum absolute atomic E-state index is 12.4. The number of hydrogen-bond acceptors (Lipinski definition) is 2. The van der Waals surface area contributed by atoms with Gasteiger partial charge in [0, 0.05) is 19.0 Å². The van der Waals surface area contributed by atoms with Gasteiger partial charge < -0.3 is 9.30 Å². The first-order valence-electron chi connectivity index (χ1n) is 6.89. The lowest BCUT2D eigenvalue weighted by Gasteiger charge is -2.09. The van der Waals surface area contributed by atoms with Crippen LogP contribution in [0.4, 0.5) is 0 Å². The molecule has 0 fully saturated rings. The van der Waals surface area contributed by atoms with E-state index in [0.717, 1.165) is 27.8 Å². The molecule has 1 aromatic heterocycles. The molecule has 0 saturated carbocycles. The third-order valence-electron chi connectivity index (χ3n) is 3.76. The summed E-state index contributed by atoms with van der Waals surface area (Å²) in [7, 11) is 3.47. The van der Waals surface area contributed by atoms with Crippen molar-refractivity contribution < 1.29 is 4.74 Å². The van der Waals surface area contributed by atoms with E-state index in [0.29, 0.717) is 6.42 Å². The molecule has 2 aromatic carbocycles. The number of nitrogens with zero attached hydrogens (tertiary/aromatic N) is 1. The minimum atomic E-state index is 0.0597. The number of aryl methyl sites for hydroxylation is 1. The van der Waals surface area contributed by atoms with Crippen molar-refractivity contribution in [3.8, 4) is 5.75 Å². The molecule has 3 heteroatoms. The Morgan fingerprint density at radius 1 is 1.05 bits per heavy atom. The second kappa shape index (κ2) is 5.44. The van der Waals surface area contributed by atoms with Gasteiger partial charge in [-0.2, -0.15) is 0 Å². The molecule has 0 saturated heterocycles. The van der Waals surface area contributed by atoms with Gasteiger partial charge in [0.15, 0.2) is 0 Å². The van der Waals surface area contributed by atoms with Gasteiger partial charge in [0.25, 0.3) is 5.56 Å². The van der Waals surface area contributed by atoms with Crippen molar-refractivity contribution in [1.82, 2.24) is 4.57 Å². The van der Waals surface area contributed by atoms with Gasteiger partial charge in [-0.15, -0.1) is 0 Å². The molecule has 0 spiro atoms. The van der Waals surface area contributed by atoms with Crippen molar-refractivity contribution in [2.45, 2.75) is 6.42 Å². The molecule has 21 heavy (non-hydrogen) atoms. The smallest absolute Gasteiger partial charge is 0.254 e. The summed E-state index contributed by atoms with van der Waals surface area (Å²) in [6.45, 7) is 0. The first-order chi connectivity index (χ1) is 10.2. The SMILES string of the molecule is COc1ccc(Cc2cc3ccccc3n(C)c2=O)cc1. The lowest BCUT2D eigenvalue weighted by molar-refractivity contribution is 0.414. The first kappa shape index (κ1) is 13.4. The maximum Gasteiger partial charge on any atom is 0.254 e. The summed E-state index contributed by atoms with van der Waals surface area (Å²) in [6, 6.07) is 17.7. The summed E-state index contributed by atoms with van der Waals surface area (Å²) in [5.74, 6) is 0.824. The molecule has 3 nitrogen and oxygen atoms in total. The average Bonchev–Trinajstić information content (AvgIpc) is 2.53. The molecule has 1 heterocycles. The van der Waals surface area contributed by atoms with Crippen molar-refractivity contribution in [2.75, 3.05) is 7.11 Å². The summed E-state index contributed by atoms with van der Waals surface area (Å²) in [5, 5.41) is 1.09. The Balaban J connectivity index is 2.03. The van der Waals surface area contributed by atoms with Crippen molar-refractivity contribution >= 4 is 10.9 Å². The van der Waals surface area contributed by atoms with Crippen molar-refractivity contribution in [3.63, 3.8) is 0 Å². The predicted octanol–water partition coefficient (Wildman–Crippen LogP) is 3.14. The molecule has 0 radical (unpaired) electrons. The van der Waals surface area contributed by atoms with Gasteiger partial charge in [0.2, 0.25) is 0 Å². The third-order valence-corrected chi connectivity index (χ3v) is 3.76. The monoisotopic (exact) mass is 279 g/mol. The first-order valence-corrected chi connectivity index (χ1v) is 6.89. The Bertz CT molecular complexity index is 832. The summed E-state index contributed by atoms with van der Waals surface area (Å²) in [4.78, 5) is 12.4. The molecule has 0 atom stereocenters. The molecule has 0 aliphatic rings. The summed E-state index contributed by atoms with van der Waals surface area (Å²) in [5.41, 5.74) is 2.93. The molecule has 0 aliphatic carbocycles. The zero-order chi connectivity index (χ0) is 14.8. The Morgan fingerprint density at radius 2 is 1.76 bits per heavy atom. The van der Waals surface area contributed by atoms with Gasteiger partial charge in [-0.1, -0.05) is 30.3 Å². The third kappa shape index (κ3) is 2.55. The number of ether oxygens (including phenoxy) is 1. The lowest BCUT2D eigenvalue weighted by atomic mass is 10.0. The fourth-order valence-corrected chi connectivity index (χ4v) is 2.58. The van der Waals surface area contributed by atoms with Crippen LogP contribution in [0.2, 0.25) is 0 Å². The summed E-state index contributed by atoms with van der Waals surface area (Å²) in [6.07, 6.45) is 0.626. The quantitative estimate of drug-likeness (QED) is 0.737. The Labute approximate surface area is 123 Å². The number of aromatic nitrogens is 1. The highest BCUT2D eigenvalue weighted by Crippen LogP contribution is 2.16.